The van der Waals surface area contributed by atoms with Crippen LogP contribution in [0.4, 0.5) is 0 Å². The van der Waals surface area contributed by atoms with Crippen LogP contribution in [0.2, 0.25) is 0 Å². The highest BCUT2D eigenvalue weighted by Crippen LogP contribution is 2.33. The summed E-state index contributed by atoms with van der Waals surface area (Å²) in [6, 6.07) is 8.77. The Balaban J connectivity index is 2.30. The zero-order valence-corrected chi connectivity index (χ0v) is 13.3. The molecule has 2 rings (SSSR count). The first-order valence-corrected chi connectivity index (χ1v) is 8.04. The fraction of sp³-hybridized carbons (Fsp3) is 0.579. The lowest BCUT2D eigenvalue weighted by atomic mass is 9.80. The second-order valence-corrected chi connectivity index (χ2v) is 7.05. The summed E-state index contributed by atoms with van der Waals surface area (Å²) in [6.07, 6.45) is 10.1. The van der Waals surface area contributed by atoms with Gasteiger partial charge in [-0.3, -0.25) is 0 Å². The van der Waals surface area contributed by atoms with E-state index in [9.17, 15) is 0 Å². The smallest absolute Gasteiger partial charge is 0.0513 e. The van der Waals surface area contributed by atoms with Crippen molar-refractivity contribution in [2.24, 2.45) is 5.73 Å². The van der Waals surface area contributed by atoms with Crippen LogP contribution in [-0.2, 0) is 5.41 Å². The van der Waals surface area contributed by atoms with Crippen LogP contribution in [0.25, 0.3) is 0 Å². The highest BCUT2D eigenvalue weighted by Gasteiger charge is 2.22. The van der Waals surface area contributed by atoms with Gasteiger partial charge in [-0.05, 0) is 42.2 Å². The predicted octanol–water partition coefficient (Wildman–Crippen LogP) is 5.26. The van der Waals surface area contributed by atoms with E-state index in [2.05, 4.69) is 51.1 Å². The van der Waals surface area contributed by atoms with Crippen LogP contribution in [-0.4, -0.2) is 0 Å². The van der Waals surface area contributed by atoms with E-state index in [0.29, 0.717) is 0 Å². The Labute approximate surface area is 124 Å². The van der Waals surface area contributed by atoms with Gasteiger partial charge in [-0.15, -0.1) is 0 Å². The molecule has 2 N–H and O–H groups in total. The van der Waals surface area contributed by atoms with E-state index < -0.39 is 0 Å². The molecule has 1 atom stereocenters. The maximum atomic E-state index is 6.62. The van der Waals surface area contributed by atoms with Crippen molar-refractivity contribution >= 4 is 0 Å². The van der Waals surface area contributed by atoms with Gasteiger partial charge in [-0.25, -0.2) is 0 Å². The molecule has 110 valence electrons. The Morgan fingerprint density at radius 3 is 2.45 bits per heavy atom. The van der Waals surface area contributed by atoms with Gasteiger partial charge in [0, 0.05) is 0 Å². The summed E-state index contributed by atoms with van der Waals surface area (Å²) in [5, 5.41) is 0. The normalized spacial score (nSPS) is 21.5. The minimum atomic E-state index is 0.0727. The largest absolute Gasteiger partial charge is 0.321 e. The van der Waals surface area contributed by atoms with E-state index in [0.717, 1.165) is 0 Å². The summed E-state index contributed by atoms with van der Waals surface area (Å²) in [5.74, 6) is 0. The maximum Gasteiger partial charge on any atom is 0.0513 e. The van der Waals surface area contributed by atoms with E-state index in [4.69, 9.17) is 5.73 Å². The fourth-order valence-electron chi connectivity index (χ4n) is 3.15. The number of hydrogen-bond donors (Lipinski definition) is 1. The van der Waals surface area contributed by atoms with Crippen molar-refractivity contribution in [3.8, 4) is 0 Å². The van der Waals surface area contributed by atoms with Gasteiger partial charge < -0.3 is 5.73 Å². The van der Waals surface area contributed by atoms with Crippen LogP contribution in [0.5, 0.6) is 0 Å². The van der Waals surface area contributed by atoms with Crippen LogP contribution in [0, 0.1) is 0 Å². The molecular weight excluding hydrogens is 242 g/mol. The summed E-state index contributed by atoms with van der Waals surface area (Å²) in [6.45, 7) is 6.81. The molecular formula is C19H29N. The molecule has 0 heterocycles. The topological polar surface area (TPSA) is 26.0 Å². The van der Waals surface area contributed by atoms with Gasteiger partial charge in [0.1, 0.15) is 0 Å². The lowest BCUT2D eigenvalue weighted by molar-refractivity contribution is 0.567. The van der Waals surface area contributed by atoms with Crippen LogP contribution in [0.3, 0.4) is 0 Å². The van der Waals surface area contributed by atoms with Crippen LogP contribution in [0.1, 0.15) is 76.5 Å². The second-order valence-electron chi connectivity index (χ2n) is 7.05. The maximum absolute atomic E-state index is 6.62. The zero-order chi connectivity index (χ0) is 14.6. The third-order valence-electron chi connectivity index (χ3n) is 4.33. The second kappa shape index (κ2) is 6.58. The summed E-state index contributed by atoms with van der Waals surface area (Å²) < 4.78 is 0. The van der Waals surface area contributed by atoms with Crippen LogP contribution >= 0.6 is 0 Å². The number of allylic oxidation sites excluding steroid dienone is 1. The third kappa shape index (κ3) is 3.73. The number of nitrogens with two attached hydrogens (primary N) is 1. The minimum Gasteiger partial charge on any atom is -0.321 e. The molecule has 1 heteroatoms. The molecule has 1 unspecified atom stereocenters. The molecule has 20 heavy (non-hydrogen) atoms. The Hall–Kier alpha value is -1.08. The summed E-state index contributed by atoms with van der Waals surface area (Å²) >= 11 is 0. The molecule has 1 aliphatic rings. The van der Waals surface area contributed by atoms with Gasteiger partial charge in [-0.2, -0.15) is 0 Å². The van der Waals surface area contributed by atoms with Crippen LogP contribution < -0.4 is 5.73 Å². The molecule has 0 saturated heterocycles. The van der Waals surface area contributed by atoms with E-state index in [-0.39, 0.29) is 11.5 Å². The average Bonchev–Trinajstić information content (AvgIpc) is 2.37. The van der Waals surface area contributed by atoms with Gasteiger partial charge in [0.2, 0.25) is 0 Å². The molecule has 1 nitrogen and oxygen atoms in total. The number of rotatable bonds is 2. The Kier molecular flexibility index (Phi) is 5.04. The van der Waals surface area contributed by atoms with Crippen LogP contribution in [0.15, 0.2) is 35.9 Å². The SMILES string of the molecule is CC(C)(C)c1ccccc1C(N)/C1=C/CCCCCC1. The first-order chi connectivity index (χ1) is 9.50. The lowest BCUT2D eigenvalue weighted by Crippen LogP contribution is -2.21. The highest BCUT2D eigenvalue weighted by molar-refractivity contribution is 5.39. The number of benzene rings is 1. The Bertz CT molecular complexity index is 465. The molecule has 0 fully saturated rings. The molecule has 1 aromatic carbocycles. The molecule has 0 aromatic heterocycles. The van der Waals surface area contributed by atoms with Gasteiger partial charge in [0.15, 0.2) is 0 Å². The fourth-order valence-corrected chi connectivity index (χ4v) is 3.15. The molecule has 0 radical (unpaired) electrons. The number of hydrogen-bond acceptors (Lipinski definition) is 1. The first kappa shape index (κ1) is 15.3. The van der Waals surface area contributed by atoms with E-state index >= 15 is 0 Å². The van der Waals surface area contributed by atoms with Gasteiger partial charge >= 0.3 is 0 Å². The lowest BCUT2D eigenvalue weighted by Gasteiger charge is -2.27. The summed E-state index contributed by atoms with van der Waals surface area (Å²) in [5.41, 5.74) is 10.9. The molecule has 0 saturated carbocycles. The molecule has 0 spiro atoms. The third-order valence-corrected chi connectivity index (χ3v) is 4.33. The molecule has 0 amide bonds. The summed E-state index contributed by atoms with van der Waals surface area (Å²) in [7, 11) is 0. The first-order valence-electron chi connectivity index (χ1n) is 8.04. The Morgan fingerprint density at radius 1 is 1.00 bits per heavy atom. The van der Waals surface area contributed by atoms with Crippen molar-refractivity contribution in [2.75, 3.05) is 0 Å². The van der Waals surface area contributed by atoms with E-state index in [1.165, 1.54) is 55.2 Å². The summed E-state index contributed by atoms with van der Waals surface area (Å²) in [4.78, 5) is 0. The highest BCUT2D eigenvalue weighted by atomic mass is 14.6. The van der Waals surface area contributed by atoms with Gasteiger partial charge in [0.05, 0.1) is 6.04 Å². The predicted molar refractivity (Wildman–Crippen MR) is 87.9 cm³/mol. The quantitative estimate of drug-likeness (QED) is 0.729. The van der Waals surface area contributed by atoms with Crippen molar-refractivity contribution in [2.45, 2.75) is 70.8 Å². The Morgan fingerprint density at radius 2 is 1.70 bits per heavy atom. The van der Waals surface area contributed by atoms with Crippen molar-refractivity contribution in [3.63, 3.8) is 0 Å². The van der Waals surface area contributed by atoms with Crippen molar-refractivity contribution in [1.82, 2.24) is 0 Å². The minimum absolute atomic E-state index is 0.0727. The van der Waals surface area contributed by atoms with E-state index in [1.807, 2.05) is 0 Å². The standard InChI is InChI=1S/C19H29N/c1-19(2,3)17-14-10-9-13-16(17)18(20)15-11-7-5-4-6-8-12-15/h9-11,13-14,18H,4-8,12,20H2,1-3H3/b15-11+. The van der Waals surface area contributed by atoms with Gasteiger partial charge in [-0.1, -0.05) is 69.5 Å². The molecule has 0 bridgehead atoms. The molecule has 1 aromatic rings. The van der Waals surface area contributed by atoms with Gasteiger partial charge in [0.25, 0.3) is 0 Å². The monoisotopic (exact) mass is 271 g/mol. The van der Waals surface area contributed by atoms with E-state index in [1.54, 1.807) is 0 Å². The average molecular weight is 271 g/mol. The van der Waals surface area contributed by atoms with Crippen molar-refractivity contribution < 1.29 is 0 Å². The van der Waals surface area contributed by atoms with Crippen molar-refractivity contribution in [3.05, 3.63) is 47.0 Å². The molecule has 1 aliphatic carbocycles. The van der Waals surface area contributed by atoms with Crippen molar-refractivity contribution in [1.29, 1.82) is 0 Å². The molecule has 0 aliphatic heterocycles. The zero-order valence-electron chi connectivity index (χ0n) is 13.3.